The largest absolute Gasteiger partial charge is 0.330 e. The summed E-state index contributed by atoms with van der Waals surface area (Å²) in [5.74, 6) is -0.184. The molecule has 16 heavy (non-hydrogen) atoms. The highest BCUT2D eigenvalue weighted by molar-refractivity contribution is 9.10. The van der Waals surface area contributed by atoms with Gasteiger partial charge in [-0.3, -0.25) is 0 Å². The van der Waals surface area contributed by atoms with Gasteiger partial charge in [0.25, 0.3) is 0 Å². The van der Waals surface area contributed by atoms with Crippen LogP contribution in [-0.4, -0.2) is 6.54 Å². The molecule has 0 aromatic heterocycles. The van der Waals surface area contributed by atoms with Crippen LogP contribution in [0, 0.1) is 5.82 Å². The Morgan fingerprint density at radius 3 is 2.56 bits per heavy atom. The van der Waals surface area contributed by atoms with E-state index in [9.17, 15) is 4.39 Å². The van der Waals surface area contributed by atoms with Crippen LogP contribution in [-0.2, 0) is 5.41 Å². The monoisotopic (exact) mass is 285 g/mol. The van der Waals surface area contributed by atoms with Crippen LogP contribution in [0.3, 0.4) is 0 Å². The minimum Gasteiger partial charge on any atom is -0.330 e. The maximum atomic E-state index is 13.6. The summed E-state index contributed by atoms with van der Waals surface area (Å²) >= 11 is 3.36. The van der Waals surface area contributed by atoms with Gasteiger partial charge >= 0.3 is 0 Å². The van der Waals surface area contributed by atoms with Crippen molar-refractivity contribution in [2.75, 3.05) is 6.54 Å². The minimum atomic E-state index is -0.184. The summed E-state index contributed by atoms with van der Waals surface area (Å²) in [4.78, 5) is 0. The summed E-state index contributed by atoms with van der Waals surface area (Å²) in [7, 11) is 0. The Bertz CT molecular complexity index is 372. The summed E-state index contributed by atoms with van der Waals surface area (Å²) in [6.07, 6.45) is 5.81. The number of hydrogen-bond acceptors (Lipinski definition) is 1. The predicted molar refractivity (Wildman–Crippen MR) is 67.9 cm³/mol. The third kappa shape index (κ3) is 2.03. The van der Waals surface area contributed by atoms with Gasteiger partial charge in [-0.15, -0.1) is 0 Å². The lowest BCUT2D eigenvalue weighted by atomic mass is 9.69. The Hall–Kier alpha value is -0.410. The standard InChI is InChI=1S/C13H17BrFN/c14-12-10(5-4-6-11(12)15)13(9-16)7-2-1-3-8-13/h4-6H,1-3,7-9,16H2. The van der Waals surface area contributed by atoms with Gasteiger partial charge in [0.1, 0.15) is 5.82 Å². The van der Waals surface area contributed by atoms with Crippen molar-refractivity contribution < 1.29 is 4.39 Å². The molecule has 0 radical (unpaired) electrons. The van der Waals surface area contributed by atoms with Crippen molar-refractivity contribution in [2.45, 2.75) is 37.5 Å². The Morgan fingerprint density at radius 1 is 1.25 bits per heavy atom. The summed E-state index contributed by atoms with van der Waals surface area (Å²) in [6.45, 7) is 0.606. The van der Waals surface area contributed by atoms with Crippen molar-refractivity contribution in [1.29, 1.82) is 0 Å². The Labute approximate surface area is 104 Å². The van der Waals surface area contributed by atoms with Gasteiger partial charge in [0, 0.05) is 12.0 Å². The molecule has 1 aromatic rings. The zero-order valence-corrected chi connectivity index (χ0v) is 10.9. The fourth-order valence-corrected chi connectivity index (χ4v) is 3.41. The van der Waals surface area contributed by atoms with Crippen LogP contribution in [0.1, 0.15) is 37.7 Å². The highest BCUT2D eigenvalue weighted by Crippen LogP contribution is 2.42. The number of hydrogen-bond donors (Lipinski definition) is 1. The molecule has 0 atom stereocenters. The topological polar surface area (TPSA) is 26.0 Å². The molecule has 1 aromatic carbocycles. The van der Waals surface area contributed by atoms with Gasteiger partial charge in [-0.1, -0.05) is 31.4 Å². The smallest absolute Gasteiger partial charge is 0.137 e. The molecule has 88 valence electrons. The van der Waals surface area contributed by atoms with E-state index in [0.29, 0.717) is 11.0 Å². The third-order valence-corrected chi connectivity index (χ3v) is 4.53. The predicted octanol–water partition coefficient (Wildman–Crippen LogP) is 3.75. The van der Waals surface area contributed by atoms with Gasteiger partial charge in [0.15, 0.2) is 0 Å². The first-order valence-electron chi connectivity index (χ1n) is 5.84. The molecule has 2 N–H and O–H groups in total. The maximum Gasteiger partial charge on any atom is 0.137 e. The van der Waals surface area contributed by atoms with Gasteiger partial charge in [-0.05, 0) is 40.4 Å². The first-order chi connectivity index (χ1) is 7.69. The zero-order valence-electron chi connectivity index (χ0n) is 9.31. The molecule has 2 rings (SSSR count). The van der Waals surface area contributed by atoms with Crippen LogP contribution < -0.4 is 5.73 Å². The van der Waals surface area contributed by atoms with E-state index in [1.54, 1.807) is 6.07 Å². The van der Waals surface area contributed by atoms with Crippen molar-refractivity contribution in [1.82, 2.24) is 0 Å². The zero-order chi connectivity index (χ0) is 11.6. The lowest BCUT2D eigenvalue weighted by Gasteiger charge is -2.37. The normalized spacial score (nSPS) is 19.7. The fraction of sp³-hybridized carbons (Fsp3) is 0.538. The molecular weight excluding hydrogens is 269 g/mol. The van der Waals surface area contributed by atoms with E-state index in [1.165, 1.54) is 25.3 Å². The molecule has 1 aliphatic carbocycles. The number of nitrogens with two attached hydrogens (primary N) is 1. The molecule has 1 aliphatic rings. The molecule has 1 saturated carbocycles. The van der Waals surface area contributed by atoms with E-state index < -0.39 is 0 Å². The molecule has 3 heteroatoms. The van der Waals surface area contributed by atoms with Gasteiger partial charge in [0.2, 0.25) is 0 Å². The Balaban J connectivity index is 2.43. The molecule has 0 unspecified atom stereocenters. The summed E-state index contributed by atoms with van der Waals surface area (Å²) < 4.78 is 14.2. The van der Waals surface area contributed by atoms with Crippen LogP contribution in [0.4, 0.5) is 4.39 Å². The van der Waals surface area contributed by atoms with E-state index in [4.69, 9.17) is 5.73 Å². The highest BCUT2D eigenvalue weighted by Gasteiger charge is 2.34. The van der Waals surface area contributed by atoms with Crippen LogP contribution in [0.2, 0.25) is 0 Å². The molecular formula is C13H17BrFN. The first kappa shape index (κ1) is 12.1. The summed E-state index contributed by atoms with van der Waals surface area (Å²) in [5.41, 5.74) is 6.98. The number of benzene rings is 1. The van der Waals surface area contributed by atoms with Crippen molar-refractivity contribution >= 4 is 15.9 Å². The Morgan fingerprint density at radius 2 is 1.94 bits per heavy atom. The lowest BCUT2D eigenvalue weighted by Crippen LogP contribution is -2.37. The van der Waals surface area contributed by atoms with E-state index in [-0.39, 0.29) is 11.2 Å². The third-order valence-electron chi connectivity index (χ3n) is 3.72. The highest BCUT2D eigenvalue weighted by atomic mass is 79.9. The maximum absolute atomic E-state index is 13.6. The van der Waals surface area contributed by atoms with E-state index in [1.807, 2.05) is 6.07 Å². The van der Waals surface area contributed by atoms with Crippen molar-refractivity contribution in [3.8, 4) is 0 Å². The van der Waals surface area contributed by atoms with Crippen LogP contribution in [0.25, 0.3) is 0 Å². The van der Waals surface area contributed by atoms with E-state index in [0.717, 1.165) is 18.4 Å². The summed E-state index contributed by atoms with van der Waals surface area (Å²) in [5, 5.41) is 0. The first-order valence-corrected chi connectivity index (χ1v) is 6.63. The molecule has 1 fully saturated rings. The van der Waals surface area contributed by atoms with Crippen molar-refractivity contribution in [3.05, 3.63) is 34.1 Å². The second kappa shape index (κ2) is 4.84. The fourth-order valence-electron chi connectivity index (χ4n) is 2.73. The van der Waals surface area contributed by atoms with E-state index >= 15 is 0 Å². The lowest BCUT2D eigenvalue weighted by molar-refractivity contribution is 0.298. The molecule has 0 heterocycles. The van der Waals surface area contributed by atoms with Gasteiger partial charge in [-0.2, -0.15) is 0 Å². The molecule has 0 bridgehead atoms. The SMILES string of the molecule is NCC1(c2cccc(F)c2Br)CCCCC1. The minimum absolute atomic E-state index is 0.0147. The van der Waals surface area contributed by atoms with Crippen molar-refractivity contribution in [2.24, 2.45) is 5.73 Å². The molecule has 0 saturated heterocycles. The van der Waals surface area contributed by atoms with Crippen LogP contribution in [0.5, 0.6) is 0 Å². The molecule has 0 amide bonds. The number of rotatable bonds is 2. The average Bonchev–Trinajstić information content (AvgIpc) is 2.33. The van der Waals surface area contributed by atoms with Crippen molar-refractivity contribution in [3.63, 3.8) is 0 Å². The molecule has 0 aliphatic heterocycles. The van der Waals surface area contributed by atoms with Crippen LogP contribution in [0.15, 0.2) is 22.7 Å². The average molecular weight is 286 g/mol. The quantitative estimate of drug-likeness (QED) is 0.880. The molecule has 1 nitrogen and oxygen atoms in total. The summed E-state index contributed by atoms with van der Waals surface area (Å²) in [6, 6.07) is 5.27. The molecule has 0 spiro atoms. The van der Waals surface area contributed by atoms with Crippen LogP contribution >= 0.6 is 15.9 Å². The van der Waals surface area contributed by atoms with Gasteiger partial charge in [0.05, 0.1) is 4.47 Å². The van der Waals surface area contributed by atoms with E-state index in [2.05, 4.69) is 15.9 Å². The second-order valence-electron chi connectivity index (χ2n) is 4.65. The second-order valence-corrected chi connectivity index (χ2v) is 5.44. The van der Waals surface area contributed by atoms with Gasteiger partial charge < -0.3 is 5.73 Å². The number of halogens is 2. The van der Waals surface area contributed by atoms with Gasteiger partial charge in [-0.25, -0.2) is 4.39 Å². The Kier molecular flexibility index (Phi) is 3.65.